The van der Waals surface area contributed by atoms with Crippen LogP contribution < -0.4 is 5.32 Å². The Kier molecular flexibility index (Phi) is 3.99. The van der Waals surface area contributed by atoms with Crippen LogP contribution in [0.3, 0.4) is 0 Å². The summed E-state index contributed by atoms with van der Waals surface area (Å²) in [5.41, 5.74) is 3.52. The van der Waals surface area contributed by atoms with Gasteiger partial charge in [0.25, 0.3) is 0 Å². The van der Waals surface area contributed by atoms with E-state index in [0.717, 1.165) is 17.1 Å². The lowest BCUT2D eigenvalue weighted by atomic mass is 10.1. The standard InChI is InChI=1S/C18H14N2S/c19-12-17-10-11-18(21-17)13-20-16-8-6-15(7-9-16)14-4-2-1-3-5-14/h1-11,20H,13H2. The fourth-order valence-corrected chi connectivity index (χ4v) is 2.88. The molecule has 0 spiro atoms. The molecule has 0 aliphatic carbocycles. The van der Waals surface area contributed by atoms with Gasteiger partial charge >= 0.3 is 0 Å². The second-order valence-corrected chi connectivity index (χ2v) is 5.84. The Hall–Kier alpha value is -2.57. The maximum Gasteiger partial charge on any atom is 0.110 e. The summed E-state index contributed by atoms with van der Waals surface area (Å²) in [6.07, 6.45) is 0. The number of anilines is 1. The van der Waals surface area contributed by atoms with Gasteiger partial charge in [-0.15, -0.1) is 11.3 Å². The van der Waals surface area contributed by atoms with Gasteiger partial charge in [0, 0.05) is 17.1 Å². The molecule has 0 aliphatic rings. The van der Waals surface area contributed by atoms with Gasteiger partial charge < -0.3 is 5.32 Å². The number of hydrogen-bond acceptors (Lipinski definition) is 3. The van der Waals surface area contributed by atoms with E-state index in [1.54, 1.807) is 0 Å². The molecular weight excluding hydrogens is 276 g/mol. The van der Waals surface area contributed by atoms with Crippen molar-refractivity contribution in [1.82, 2.24) is 0 Å². The van der Waals surface area contributed by atoms with Gasteiger partial charge in [0.1, 0.15) is 10.9 Å². The van der Waals surface area contributed by atoms with Crippen molar-refractivity contribution in [2.24, 2.45) is 0 Å². The predicted octanol–water partition coefficient (Wildman–Crippen LogP) is 4.90. The number of benzene rings is 2. The summed E-state index contributed by atoms with van der Waals surface area (Å²) in [6, 6.07) is 24.8. The fourth-order valence-electron chi connectivity index (χ4n) is 2.13. The Bertz CT molecular complexity index is 752. The van der Waals surface area contributed by atoms with Crippen LogP contribution in [0.15, 0.2) is 66.7 Å². The average molecular weight is 290 g/mol. The first-order valence-electron chi connectivity index (χ1n) is 6.73. The normalized spacial score (nSPS) is 10.0. The molecule has 102 valence electrons. The Morgan fingerprint density at radius 2 is 1.57 bits per heavy atom. The highest BCUT2D eigenvalue weighted by Crippen LogP contribution is 2.22. The molecule has 0 saturated carbocycles. The number of nitrogens with zero attached hydrogens (tertiary/aromatic N) is 1. The highest BCUT2D eigenvalue weighted by Gasteiger charge is 2.00. The number of thiophene rings is 1. The molecule has 0 fully saturated rings. The third-order valence-corrected chi connectivity index (χ3v) is 4.22. The molecule has 0 bridgehead atoms. The maximum absolute atomic E-state index is 8.81. The molecule has 3 aromatic rings. The molecule has 3 heteroatoms. The van der Waals surface area contributed by atoms with Crippen LogP contribution in [0.1, 0.15) is 9.75 Å². The lowest BCUT2D eigenvalue weighted by Crippen LogP contribution is -1.96. The number of hydrogen-bond donors (Lipinski definition) is 1. The molecule has 2 nitrogen and oxygen atoms in total. The quantitative estimate of drug-likeness (QED) is 0.742. The zero-order chi connectivity index (χ0) is 14.5. The Morgan fingerprint density at radius 3 is 2.24 bits per heavy atom. The Labute approximate surface area is 128 Å². The minimum absolute atomic E-state index is 0.747. The van der Waals surface area contributed by atoms with Crippen LogP contribution in [-0.4, -0.2) is 0 Å². The Balaban J connectivity index is 1.66. The molecule has 0 aliphatic heterocycles. The second-order valence-electron chi connectivity index (χ2n) is 4.67. The van der Waals surface area contributed by atoms with Crippen LogP contribution in [0.25, 0.3) is 11.1 Å². The minimum atomic E-state index is 0.747. The molecule has 0 radical (unpaired) electrons. The van der Waals surface area contributed by atoms with E-state index >= 15 is 0 Å². The predicted molar refractivity (Wildman–Crippen MR) is 88.2 cm³/mol. The van der Waals surface area contributed by atoms with E-state index in [-0.39, 0.29) is 0 Å². The Morgan fingerprint density at radius 1 is 0.857 bits per heavy atom. The largest absolute Gasteiger partial charge is 0.380 e. The third-order valence-electron chi connectivity index (χ3n) is 3.23. The first-order chi connectivity index (χ1) is 10.3. The number of rotatable bonds is 4. The first kappa shape index (κ1) is 13.4. The maximum atomic E-state index is 8.81. The molecule has 0 atom stereocenters. The average Bonchev–Trinajstić information content (AvgIpc) is 3.02. The molecule has 1 aromatic heterocycles. The van der Waals surface area contributed by atoms with E-state index in [4.69, 9.17) is 5.26 Å². The molecule has 21 heavy (non-hydrogen) atoms. The zero-order valence-corrected chi connectivity index (χ0v) is 12.2. The topological polar surface area (TPSA) is 35.8 Å². The lowest BCUT2D eigenvalue weighted by molar-refractivity contribution is 1.19. The van der Waals surface area contributed by atoms with E-state index in [9.17, 15) is 0 Å². The summed E-state index contributed by atoms with van der Waals surface area (Å²) in [5, 5.41) is 12.2. The summed E-state index contributed by atoms with van der Waals surface area (Å²) in [7, 11) is 0. The summed E-state index contributed by atoms with van der Waals surface area (Å²) in [6.45, 7) is 0.747. The van der Waals surface area contributed by atoms with Crippen LogP contribution in [-0.2, 0) is 6.54 Å². The highest BCUT2D eigenvalue weighted by molar-refractivity contribution is 7.12. The summed E-state index contributed by atoms with van der Waals surface area (Å²) < 4.78 is 0. The minimum Gasteiger partial charge on any atom is -0.380 e. The third kappa shape index (κ3) is 3.31. The van der Waals surface area contributed by atoms with Crippen molar-refractivity contribution in [3.63, 3.8) is 0 Å². The molecule has 0 saturated heterocycles. The molecule has 0 amide bonds. The monoisotopic (exact) mass is 290 g/mol. The summed E-state index contributed by atoms with van der Waals surface area (Å²) >= 11 is 1.53. The molecule has 1 N–H and O–H groups in total. The van der Waals surface area contributed by atoms with Crippen LogP contribution in [0.5, 0.6) is 0 Å². The summed E-state index contributed by atoms with van der Waals surface area (Å²) in [4.78, 5) is 1.92. The van der Waals surface area contributed by atoms with E-state index < -0.39 is 0 Å². The van der Waals surface area contributed by atoms with Crippen LogP contribution in [0.2, 0.25) is 0 Å². The van der Waals surface area contributed by atoms with E-state index in [1.807, 2.05) is 30.3 Å². The van der Waals surface area contributed by atoms with Crippen molar-refractivity contribution in [3.8, 4) is 17.2 Å². The van der Waals surface area contributed by atoms with Crippen LogP contribution in [0.4, 0.5) is 5.69 Å². The van der Waals surface area contributed by atoms with E-state index in [1.165, 1.54) is 27.3 Å². The van der Waals surface area contributed by atoms with Gasteiger partial charge in [-0.2, -0.15) is 5.26 Å². The smallest absolute Gasteiger partial charge is 0.110 e. The summed E-state index contributed by atoms with van der Waals surface area (Å²) in [5.74, 6) is 0. The van der Waals surface area contributed by atoms with Crippen molar-refractivity contribution < 1.29 is 0 Å². The van der Waals surface area contributed by atoms with Crippen molar-refractivity contribution >= 4 is 17.0 Å². The van der Waals surface area contributed by atoms with E-state index in [2.05, 4.69) is 47.8 Å². The van der Waals surface area contributed by atoms with E-state index in [0.29, 0.717) is 0 Å². The SMILES string of the molecule is N#Cc1ccc(CNc2ccc(-c3ccccc3)cc2)s1. The van der Waals surface area contributed by atoms with Gasteiger partial charge in [-0.05, 0) is 35.4 Å². The van der Waals surface area contributed by atoms with Gasteiger partial charge in [0.05, 0.1) is 0 Å². The number of nitrogens with one attached hydrogen (secondary N) is 1. The van der Waals surface area contributed by atoms with Gasteiger partial charge in [-0.3, -0.25) is 0 Å². The van der Waals surface area contributed by atoms with Gasteiger partial charge in [-0.1, -0.05) is 42.5 Å². The van der Waals surface area contributed by atoms with Crippen molar-refractivity contribution in [1.29, 1.82) is 5.26 Å². The van der Waals surface area contributed by atoms with Gasteiger partial charge in [0.2, 0.25) is 0 Å². The molecule has 2 aromatic carbocycles. The highest BCUT2D eigenvalue weighted by atomic mass is 32.1. The zero-order valence-electron chi connectivity index (χ0n) is 11.4. The van der Waals surface area contributed by atoms with Crippen molar-refractivity contribution in [3.05, 3.63) is 76.5 Å². The van der Waals surface area contributed by atoms with Gasteiger partial charge in [-0.25, -0.2) is 0 Å². The van der Waals surface area contributed by atoms with Crippen molar-refractivity contribution in [2.45, 2.75) is 6.54 Å². The lowest BCUT2D eigenvalue weighted by Gasteiger charge is -2.06. The fraction of sp³-hybridized carbons (Fsp3) is 0.0556. The van der Waals surface area contributed by atoms with Gasteiger partial charge in [0.15, 0.2) is 0 Å². The molecule has 0 unspecified atom stereocenters. The van der Waals surface area contributed by atoms with Crippen LogP contribution >= 0.6 is 11.3 Å². The van der Waals surface area contributed by atoms with Crippen molar-refractivity contribution in [2.75, 3.05) is 5.32 Å². The second kappa shape index (κ2) is 6.25. The molecular formula is C18H14N2S. The first-order valence-corrected chi connectivity index (χ1v) is 7.55. The molecule has 1 heterocycles. The van der Waals surface area contributed by atoms with Crippen LogP contribution in [0, 0.1) is 11.3 Å². The number of nitriles is 1. The molecule has 3 rings (SSSR count).